The van der Waals surface area contributed by atoms with Crippen molar-refractivity contribution in [3.05, 3.63) is 60.4 Å². The molecule has 33 heavy (non-hydrogen) atoms. The Morgan fingerprint density at radius 3 is 2.45 bits per heavy atom. The summed E-state index contributed by atoms with van der Waals surface area (Å²) in [4.78, 5) is 29.9. The van der Waals surface area contributed by atoms with Crippen LogP contribution in [0.4, 0.5) is 22.2 Å². The minimum Gasteiger partial charge on any atom is -0.444 e. The Morgan fingerprint density at radius 1 is 0.970 bits per heavy atom. The van der Waals surface area contributed by atoms with Gasteiger partial charge >= 0.3 is 6.09 Å². The lowest BCUT2D eigenvalue weighted by Crippen LogP contribution is -2.50. The highest BCUT2D eigenvalue weighted by molar-refractivity contribution is 5.69. The van der Waals surface area contributed by atoms with E-state index in [1.807, 2.05) is 70.2 Å². The van der Waals surface area contributed by atoms with Gasteiger partial charge in [-0.1, -0.05) is 6.07 Å². The van der Waals surface area contributed by atoms with Crippen LogP contribution in [0.3, 0.4) is 0 Å². The predicted molar refractivity (Wildman–Crippen MR) is 130 cm³/mol. The lowest BCUT2D eigenvalue weighted by Gasteiger charge is -2.36. The van der Waals surface area contributed by atoms with Crippen molar-refractivity contribution in [1.82, 2.24) is 19.9 Å². The van der Waals surface area contributed by atoms with E-state index in [4.69, 9.17) is 9.72 Å². The Bertz CT molecular complexity index is 1120. The molecule has 3 aromatic rings. The third-order valence-electron chi connectivity index (χ3n) is 5.22. The Kier molecular flexibility index (Phi) is 6.44. The van der Waals surface area contributed by atoms with E-state index >= 15 is 0 Å². The van der Waals surface area contributed by atoms with Crippen LogP contribution in [0.2, 0.25) is 0 Å². The first kappa shape index (κ1) is 22.5. The molecule has 8 nitrogen and oxygen atoms in total. The van der Waals surface area contributed by atoms with Gasteiger partial charge in [0.15, 0.2) is 0 Å². The van der Waals surface area contributed by atoms with Gasteiger partial charge in [-0.15, -0.1) is 0 Å². The number of piperazine rings is 1. The zero-order valence-corrected chi connectivity index (χ0v) is 19.6. The van der Waals surface area contributed by atoms with Gasteiger partial charge in [-0.3, -0.25) is 0 Å². The van der Waals surface area contributed by atoms with Crippen LogP contribution in [0.25, 0.3) is 11.3 Å². The molecule has 1 saturated heterocycles. The first-order valence-corrected chi connectivity index (χ1v) is 11.1. The van der Waals surface area contributed by atoms with E-state index < -0.39 is 5.60 Å². The molecule has 0 bridgehead atoms. The fourth-order valence-corrected chi connectivity index (χ4v) is 3.60. The zero-order chi connectivity index (χ0) is 23.4. The molecule has 4 rings (SSSR count). The maximum atomic E-state index is 12.3. The largest absolute Gasteiger partial charge is 0.444 e. The number of aromatic nitrogens is 3. The minimum atomic E-state index is -0.490. The number of carbonyl (C=O) groups is 1. The third-order valence-corrected chi connectivity index (χ3v) is 5.22. The standard InChI is InChI=1S/C25H30N6O2/c1-18-8-10-26-22(16-18)29-21-7-5-6-20(28-21)19-9-11-27-23(17-19)30-12-14-31(15-13-30)24(32)33-25(2,3)4/h5-11,16-17H,12-15H2,1-4H3,(H,26,28,29). The Morgan fingerprint density at radius 2 is 1.73 bits per heavy atom. The van der Waals surface area contributed by atoms with Crippen molar-refractivity contribution >= 4 is 23.5 Å². The van der Waals surface area contributed by atoms with E-state index in [0.717, 1.165) is 34.3 Å². The molecule has 1 aliphatic rings. The van der Waals surface area contributed by atoms with Gasteiger partial charge in [-0.05, 0) is 69.7 Å². The van der Waals surface area contributed by atoms with Gasteiger partial charge < -0.3 is 19.9 Å². The summed E-state index contributed by atoms with van der Waals surface area (Å²) in [7, 11) is 0. The van der Waals surface area contributed by atoms with Gasteiger partial charge in [-0.2, -0.15) is 0 Å². The topological polar surface area (TPSA) is 83.5 Å². The Hall–Kier alpha value is -3.68. The Balaban J connectivity index is 1.44. The minimum absolute atomic E-state index is 0.263. The third kappa shape index (κ3) is 5.97. The molecule has 1 fully saturated rings. The molecule has 0 unspecified atom stereocenters. The Labute approximate surface area is 194 Å². The molecule has 0 aromatic carbocycles. The zero-order valence-electron chi connectivity index (χ0n) is 19.6. The molecule has 0 spiro atoms. The number of carbonyl (C=O) groups excluding carboxylic acids is 1. The van der Waals surface area contributed by atoms with Crippen LogP contribution < -0.4 is 10.2 Å². The molecule has 0 atom stereocenters. The fourth-order valence-electron chi connectivity index (χ4n) is 3.60. The summed E-state index contributed by atoms with van der Waals surface area (Å²) in [5, 5.41) is 3.27. The number of aryl methyl sites for hydroxylation is 1. The van der Waals surface area contributed by atoms with Crippen molar-refractivity contribution in [1.29, 1.82) is 0 Å². The number of pyridine rings is 3. The second kappa shape index (κ2) is 9.44. The number of anilines is 3. The number of nitrogens with one attached hydrogen (secondary N) is 1. The van der Waals surface area contributed by atoms with Gasteiger partial charge in [-0.25, -0.2) is 19.7 Å². The van der Waals surface area contributed by atoms with E-state index in [-0.39, 0.29) is 6.09 Å². The van der Waals surface area contributed by atoms with Gasteiger partial charge in [0.1, 0.15) is 23.1 Å². The predicted octanol–water partition coefficient (Wildman–Crippen LogP) is 4.65. The summed E-state index contributed by atoms with van der Waals surface area (Å²) in [6.45, 7) is 10.3. The van der Waals surface area contributed by atoms with Crippen molar-refractivity contribution in [3.63, 3.8) is 0 Å². The van der Waals surface area contributed by atoms with Crippen molar-refractivity contribution in [2.75, 3.05) is 36.4 Å². The van der Waals surface area contributed by atoms with E-state index in [0.29, 0.717) is 26.2 Å². The quantitative estimate of drug-likeness (QED) is 0.625. The summed E-state index contributed by atoms with van der Waals surface area (Å²) < 4.78 is 5.49. The van der Waals surface area contributed by atoms with Crippen LogP contribution in [-0.4, -0.2) is 57.7 Å². The van der Waals surface area contributed by atoms with Crippen LogP contribution in [0.5, 0.6) is 0 Å². The van der Waals surface area contributed by atoms with Crippen LogP contribution >= 0.6 is 0 Å². The van der Waals surface area contributed by atoms with Crippen molar-refractivity contribution in [2.24, 2.45) is 0 Å². The molecule has 0 radical (unpaired) electrons. The summed E-state index contributed by atoms with van der Waals surface area (Å²) in [6, 6.07) is 13.8. The summed E-state index contributed by atoms with van der Waals surface area (Å²) in [5.41, 5.74) is 2.48. The molecule has 1 N–H and O–H groups in total. The van der Waals surface area contributed by atoms with Crippen LogP contribution in [0, 0.1) is 6.92 Å². The van der Waals surface area contributed by atoms with Crippen molar-refractivity contribution < 1.29 is 9.53 Å². The molecule has 3 aromatic heterocycles. The van der Waals surface area contributed by atoms with Crippen molar-refractivity contribution in [3.8, 4) is 11.3 Å². The molecule has 4 heterocycles. The number of hydrogen-bond donors (Lipinski definition) is 1. The van der Waals surface area contributed by atoms with Crippen LogP contribution in [-0.2, 0) is 4.74 Å². The average molecular weight is 447 g/mol. The van der Waals surface area contributed by atoms with Gasteiger partial charge in [0, 0.05) is 44.1 Å². The monoisotopic (exact) mass is 446 g/mol. The molecule has 0 saturated carbocycles. The van der Waals surface area contributed by atoms with Gasteiger partial charge in [0.2, 0.25) is 0 Å². The summed E-state index contributed by atoms with van der Waals surface area (Å²) >= 11 is 0. The second-order valence-corrected chi connectivity index (χ2v) is 9.11. The van der Waals surface area contributed by atoms with Crippen LogP contribution in [0.15, 0.2) is 54.9 Å². The normalized spacial score (nSPS) is 14.2. The maximum Gasteiger partial charge on any atom is 0.410 e. The highest BCUT2D eigenvalue weighted by Gasteiger charge is 2.26. The number of ether oxygens (including phenoxy) is 1. The van der Waals surface area contributed by atoms with E-state index in [2.05, 4.69) is 20.2 Å². The molecule has 1 amide bonds. The maximum absolute atomic E-state index is 12.3. The first-order chi connectivity index (χ1) is 15.8. The molecule has 8 heteroatoms. The first-order valence-electron chi connectivity index (χ1n) is 11.1. The number of nitrogens with zero attached hydrogens (tertiary/aromatic N) is 5. The molecular formula is C25H30N6O2. The fraction of sp³-hybridized carbons (Fsp3) is 0.360. The lowest BCUT2D eigenvalue weighted by molar-refractivity contribution is 0.0240. The number of hydrogen-bond acceptors (Lipinski definition) is 7. The summed E-state index contributed by atoms with van der Waals surface area (Å²) in [6.07, 6.45) is 3.31. The number of rotatable bonds is 4. The highest BCUT2D eigenvalue weighted by Crippen LogP contribution is 2.24. The molecule has 0 aliphatic carbocycles. The smallest absolute Gasteiger partial charge is 0.410 e. The van der Waals surface area contributed by atoms with E-state index in [1.54, 1.807) is 17.3 Å². The van der Waals surface area contributed by atoms with E-state index in [1.165, 1.54) is 0 Å². The van der Waals surface area contributed by atoms with Gasteiger partial charge in [0.05, 0.1) is 5.69 Å². The second-order valence-electron chi connectivity index (χ2n) is 9.11. The molecular weight excluding hydrogens is 416 g/mol. The van der Waals surface area contributed by atoms with Crippen LogP contribution in [0.1, 0.15) is 26.3 Å². The SMILES string of the molecule is Cc1ccnc(Nc2cccc(-c3ccnc(N4CCN(C(=O)OC(C)(C)C)CC4)c3)n2)c1. The number of amides is 1. The van der Waals surface area contributed by atoms with E-state index in [9.17, 15) is 4.79 Å². The lowest BCUT2D eigenvalue weighted by atomic mass is 10.1. The van der Waals surface area contributed by atoms with Crippen molar-refractivity contribution in [2.45, 2.75) is 33.3 Å². The molecule has 172 valence electrons. The van der Waals surface area contributed by atoms with Gasteiger partial charge in [0.25, 0.3) is 0 Å². The summed E-state index contributed by atoms with van der Waals surface area (Å²) in [5.74, 6) is 2.37. The highest BCUT2D eigenvalue weighted by atomic mass is 16.6. The molecule has 1 aliphatic heterocycles. The average Bonchev–Trinajstić information content (AvgIpc) is 2.78.